The van der Waals surface area contributed by atoms with Gasteiger partial charge in [-0.2, -0.15) is 18.3 Å². The first kappa shape index (κ1) is 24.0. The molecule has 0 radical (unpaired) electrons. The predicted molar refractivity (Wildman–Crippen MR) is 117 cm³/mol. The predicted octanol–water partition coefficient (Wildman–Crippen LogP) is 3.81. The Balaban J connectivity index is 1.35. The second kappa shape index (κ2) is 10.0. The van der Waals surface area contributed by atoms with Crippen LogP contribution in [0.15, 0.2) is 30.6 Å². The molecule has 1 saturated carbocycles. The van der Waals surface area contributed by atoms with Crippen LogP contribution in [0.4, 0.5) is 19.0 Å². The normalized spacial score (nSPS) is 23.1. The third-order valence-corrected chi connectivity index (χ3v) is 6.57. The molecule has 2 amide bonds. The molecule has 34 heavy (non-hydrogen) atoms. The fraction of sp³-hybridized carbons (Fsp3) is 0.565. The summed E-state index contributed by atoms with van der Waals surface area (Å²) in [4.78, 5) is 31.6. The third-order valence-electron chi connectivity index (χ3n) is 6.57. The zero-order valence-corrected chi connectivity index (χ0v) is 18.9. The van der Waals surface area contributed by atoms with Gasteiger partial charge in [-0.05, 0) is 50.7 Å². The lowest BCUT2D eigenvalue weighted by atomic mass is 9.81. The number of ether oxygens (including phenoxy) is 1. The van der Waals surface area contributed by atoms with Crippen LogP contribution in [-0.4, -0.2) is 56.8 Å². The molecule has 2 fully saturated rings. The molecule has 2 aromatic rings. The topological polar surface area (TPSA) is 89.4 Å². The van der Waals surface area contributed by atoms with Crippen LogP contribution in [-0.2, 0) is 11.8 Å². The number of aryl methyl sites for hydroxylation is 1. The molecule has 2 aromatic heterocycles. The number of anilines is 1. The number of carbonyl (C=O) groups excluding carboxylic acids is 2. The summed E-state index contributed by atoms with van der Waals surface area (Å²) >= 11 is 0. The SMILES string of the molecule is Cn1ccc(NC(=O)c2ncccc2OC[C@H]2CCCN2C(=O)[C@H]2CC[C@H](C(F)(F)F)CC2)n1. The molecule has 2 aliphatic rings. The van der Waals surface area contributed by atoms with Crippen molar-refractivity contribution in [3.63, 3.8) is 0 Å². The third kappa shape index (κ3) is 5.51. The summed E-state index contributed by atoms with van der Waals surface area (Å²) < 4.78 is 46.4. The van der Waals surface area contributed by atoms with E-state index >= 15 is 0 Å². The van der Waals surface area contributed by atoms with Gasteiger partial charge in [-0.1, -0.05) is 0 Å². The minimum Gasteiger partial charge on any atom is -0.489 e. The van der Waals surface area contributed by atoms with Crippen LogP contribution in [0.25, 0.3) is 0 Å². The number of carbonyl (C=O) groups is 2. The van der Waals surface area contributed by atoms with Crippen molar-refractivity contribution in [2.75, 3.05) is 18.5 Å². The van der Waals surface area contributed by atoms with Crippen LogP contribution in [0.3, 0.4) is 0 Å². The highest BCUT2D eigenvalue weighted by atomic mass is 19.4. The molecule has 0 spiro atoms. The number of rotatable bonds is 6. The van der Waals surface area contributed by atoms with E-state index in [0.29, 0.717) is 18.1 Å². The number of halogens is 3. The second-order valence-electron chi connectivity index (χ2n) is 8.91. The number of hydrogen-bond acceptors (Lipinski definition) is 5. The highest BCUT2D eigenvalue weighted by Crippen LogP contribution is 2.40. The Bertz CT molecular complexity index is 1020. The fourth-order valence-electron chi connectivity index (χ4n) is 4.72. The van der Waals surface area contributed by atoms with E-state index in [-0.39, 0.29) is 55.9 Å². The lowest BCUT2D eigenvalue weighted by Gasteiger charge is -2.33. The molecule has 4 rings (SSSR count). The van der Waals surface area contributed by atoms with Gasteiger partial charge in [0.2, 0.25) is 5.91 Å². The Morgan fingerprint density at radius 3 is 2.62 bits per heavy atom. The largest absolute Gasteiger partial charge is 0.489 e. The molecule has 3 heterocycles. The molecule has 0 aromatic carbocycles. The quantitative estimate of drug-likeness (QED) is 0.681. The molecule has 0 unspecified atom stereocenters. The maximum absolute atomic E-state index is 13.1. The molecule has 1 aliphatic carbocycles. The van der Waals surface area contributed by atoms with Gasteiger partial charge in [-0.3, -0.25) is 14.3 Å². The standard InChI is InChI=1S/C23H28F3N5O3/c1-30-13-10-19(29-30)28-21(32)20-18(5-2-11-27-20)34-14-17-4-3-12-31(17)22(33)15-6-8-16(9-7-15)23(24,25)26/h2,5,10-11,13,15-17H,3-4,6-9,12,14H2,1H3,(H,28,29,32)/t15-,16-,17-/m1/s1. The van der Waals surface area contributed by atoms with Gasteiger partial charge in [-0.15, -0.1) is 0 Å². The molecule has 8 nitrogen and oxygen atoms in total. The Labute approximate surface area is 195 Å². The molecule has 1 saturated heterocycles. The summed E-state index contributed by atoms with van der Waals surface area (Å²) in [7, 11) is 1.74. The fourth-order valence-corrected chi connectivity index (χ4v) is 4.72. The van der Waals surface area contributed by atoms with Gasteiger partial charge >= 0.3 is 6.18 Å². The van der Waals surface area contributed by atoms with Crippen molar-refractivity contribution >= 4 is 17.6 Å². The molecule has 1 N–H and O–H groups in total. The maximum atomic E-state index is 13.1. The van der Waals surface area contributed by atoms with Gasteiger partial charge in [0.15, 0.2) is 17.3 Å². The summed E-state index contributed by atoms with van der Waals surface area (Å²) in [6.45, 7) is 0.741. The minimum absolute atomic E-state index is 0.000654. The zero-order valence-electron chi connectivity index (χ0n) is 18.9. The van der Waals surface area contributed by atoms with Crippen molar-refractivity contribution in [1.29, 1.82) is 0 Å². The molecule has 0 bridgehead atoms. The van der Waals surface area contributed by atoms with Crippen molar-refractivity contribution < 1.29 is 27.5 Å². The van der Waals surface area contributed by atoms with E-state index in [2.05, 4.69) is 15.4 Å². The van der Waals surface area contributed by atoms with E-state index in [0.717, 1.165) is 12.8 Å². The monoisotopic (exact) mass is 479 g/mol. The van der Waals surface area contributed by atoms with Crippen molar-refractivity contribution in [2.24, 2.45) is 18.9 Å². The van der Waals surface area contributed by atoms with Gasteiger partial charge in [0.05, 0.1) is 12.0 Å². The summed E-state index contributed by atoms with van der Waals surface area (Å²) in [5, 5.41) is 6.79. The highest BCUT2D eigenvalue weighted by molar-refractivity contribution is 6.04. The average Bonchev–Trinajstić information content (AvgIpc) is 3.45. The van der Waals surface area contributed by atoms with Crippen molar-refractivity contribution in [1.82, 2.24) is 19.7 Å². The first-order valence-corrected chi connectivity index (χ1v) is 11.5. The lowest BCUT2D eigenvalue weighted by Crippen LogP contribution is -2.44. The summed E-state index contributed by atoms with van der Waals surface area (Å²) in [5.41, 5.74) is 0.106. The number of likely N-dealkylation sites (tertiary alicyclic amines) is 1. The van der Waals surface area contributed by atoms with E-state index < -0.39 is 18.0 Å². The zero-order chi connectivity index (χ0) is 24.3. The van der Waals surface area contributed by atoms with E-state index in [4.69, 9.17) is 4.74 Å². The van der Waals surface area contributed by atoms with Gasteiger partial charge in [0, 0.05) is 38.0 Å². The first-order chi connectivity index (χ1) is 16.2. The number of nitrogens with one attached hydrogen (secondary N) is 1. The van der Waals surface area contributed by atoms with Crippen LogP contribution < -0.4 is 10.1 Å². The molecule has 184 valence electrons. The number of aromatic nitrogens is 3. The number of alkyl halides is 3. The van der Waals surface area contributed by atoms with Crippen LogP contribution in [0, 0.1) is 11.8 Å². The Morgan fingerprint density at radius 1 is 1.18 bits per heavy atom. The summed E-state index contributed by atoms with van der Waals surface area (Å²) in [6, 6.07) is 4.76. The second-order valence-corrected chi connectivity index (χ2v) is 8.91. The van der Waals surface area contributed by atoms with Crippen LogP contribution in [0.2, 0.25) is 0 Å². The van der Waals surface area contributed by atoms with Gasteiger partial charge in [0.1, 0.15) is 6.61 Å². The van der Waals surface area contributed by atoms with Gasteiger partial charge < -0.3 is 15.0 Å². The Hall–Kier alpha value is -3.11. The maximum Gasteiger partial charge on any atom is 0.391 e. The minimum atomic E-state index is -4.19. The highest BCUT2D eigenvalue weighted by Gasteiger charge is 2.44. The van der Waals surface area contributed by atoms with Crippen molar-refractivity contribution in [2.45, 2.75) is 50.7 Å². The van der Waals surface area contributed by atoms with E-state index in [9.17, 15) is 22.8 Å². The Morgan fingerprint density at radius 2 is 1.94 bits per heavy atom. The van der Waals surface area contributed by atoms with Crippen LogP contribution in [0.1, 0.15) is 49.0 Å². The van der Waals surface area contributed by atoms with Crippen LogP contribution >= 0.6 is 0 Å². The van der Waals surface area contributed by atoms with Gasteiger partial charge in [-0.25, -0.2) is 4.98 Å². The van der Waals surface area contributed by atoms with E-state index in [1.165, 1.54) is 6.20 Å². The van der Waals surface area contributed by atoms with Crippen molar-refractivity contribution in [3.05, 3.63) is 36.3 Å². The average molecular weight is 480 g/mol. The Kier molecular flexibility index (Phi) is 7.08. The molecular formula is C23H28F3N5O3. The van der Waals surface area contributed by atoms with E-state index in [1.807, 2.05) is 0 Å². The number of hydrogen-bond donors (Lipinski definition) is 1. The first-order valence-electron chi connectivity index (χ1n) is 11.5. The summed E-state index contributed by atoms with van der Waals surface area (Å²) in [6.07, 6.45) is 1.05. The molecule has 1 aliphatic heterocycles. The molecule has 1 atom stereocenters. The van der Waals surface area contributed by atoms with Crippen molar-refractivity contribution in [3.8, 4) is 5.75 Å². The number of amides is 2. The lowest BCUT2D eigenvalue weighted by molar-refractivity contribution is -0.185. The number of pyridine rings is 1. The number of nitrogens with zero attached hydrogens (tertiary/aromatic N) is 4. The molecular weight excluding hydrogens is 451 g/mol. The summed E-state index contributed by atoms with van der Waals surface area (Å²) in [5.74, 6) is -1.56. The van der Waals surface area contributed by atoms with Gasteiger partial charge in [0.25, 0.3) is 5.91 Å². The molecule has 11 heteroatoms. The smallest absolute Gasteiger partial charge is 0.391 e. The van der Waals surface area contributed by atoms with E-state index in [1.54, 1.807) is 41.0 Å². The van der Waals surface area contributed by atoms with Crippen LogP contribution in [0.5, 0.6) is 5.75 Å².